The van der Waals surface area contributed by atoms with E-state index in [0.29, 0.717) is 12.3 Å². The molecule has 1 amide bonds. The molecule has 1 fully saturated rings. The van der Waals surface area contributed by atoms with Crippen LogP contribution in [0, 0.1) is 11.7 Å². The summed E-state index contributed by atoms with van der Waals surface area (Å²) in [6, 6.07) is 5.87. The fourth-order valence-electron chi connectivity index (χ4n) is 2.70. The predicted octanol–water partition coefficient (Wildman–Crippen LogP) is 2.60. The monoisotopic (exact) mass is 325 g/mol. The molecule has 1 aliphatic heterocycles. The predicted molar refractivity (Wildman–Crippen MR) is 84.5 cm³/mol. The zero-order chi connectivity index (χ0) is 16.1. The molecule has 2 atom stereocenters. The number of halogens is 1. The molecule has 1 saturated heterocycles. The van der Waals surface area contributed by atoms with E-state index in [1.54, 1.807) is 28.8 Å². The number of carboxylic acids is 1. The van der Waals surface area contributed by atoms with Crippen LogP contribution in [-0.4, -0.2) is 46.5 Å². The molecule has 1 aliphatic rings. The van der Waals surface area contributed by atoms with Gasteiger partial charge in [-0.05, 0) is 29.9 Å². The SMILES string of the molecule is CCCSCC(=O)N1C[C@H](C(=O)O)[C@@H](c2ccc(F)cc2)C1. The third-order valence-corrected chi connectivity index (χ3v) is 5.01. The average molecular weight is 325 g/mol. The van der Waals surface area contributed by atoms with Crippen molar-refractivity contribution < 1.29 is 19.1 Å². The number of rotatable bonds is 6. The molecule has 4 nitrogen and oxygen atoms in total. The van der Waals surface area contributed by atoms with E-state index in [9.17, 15) is 19.1 Å². The summed E-state index contributed by atoms with van der Waals surface area (Å²) in [5, 5.41) is 9.40. The summed E-state index contributed by atoms with van der Waals surface area (Å²) >= 11 is 1.57. The number of hydrogen-bond donors (Lipinski definition) is 1. The van der Waals surface area contributed by atoms with Crippen LogP contribution in [0.3, 0.4) is 0 Å². The van der Waals surface area contributed by atoms with E-state index in [2.05, 4.69) is 6.92 Å². The van der Waals surface area contributed by atoms with Gasteiger partial charge in [-0.1, -0.05) is 19.1 Å². The highest BCUT2D eigenvalue weighted by Gasteiger charge is 2.40. The second kappa shape index (κ2) is 7.63. The number of amides is 1. The summed E-state index contributed by atoms with van der Waals surface area (Å²) < 4.78 is 13.0. The quantitative estimate of drug-likeness (QED) is 0.817. The highest BCUT2D eigenvalue weighted by atomic mass is 32.2. The van der Waals surface area contributed by atoms with E-state index in [-0.39, 0.29) is 24.2 Å². The second-order valence-electron chi connectivity index (χ2n) is 5.45. The molecule has 120 valence electrons. The lowest BCUT2D eigenvalue weighted by atomic mass is 9.89. The highest BCUT2D eigenvalue weighted by molar-refractivity contribution is 7.99. The maximum Gasteiger partial charge on any atom is 0.308 e. The van der Waals surface area contributed by atoms with E-state index in [1.807, 2.05) is 0 Å². The van der Waals surface area contributed by atoms with Crippen molar-refractivity contribution in [1.29, 1.82) is 0 Å². The summed E-state index contributed by atoms with van der Waals surface area (Å²) in [4.78, 5) is 25.3. The van der Waals surface area contributed by atoms with Crippen molar-refractivity contribution in [2.75, 3.05) is 24.6 Å². The van der Waals surface area contributed by atoms with Crippen LogP contribution in [0.15, 0.2) is 24.3 Å². The van der Waals surface area contributed by atoms with Crippen molar-refractivity contribution in [3.05, 3.63) is 35.6 Å². The van der Waals surface area contributed by atoms with E-state index >= 15 is 0 Å². The number of carbonyl (C=O) groups excluding carboxylic acids is 1. The lowest BCUT2D eigenvalue weighted by Crippen LogP contribution is -2.31. The summed E-state index contributed by atoms with van der Waals surface area (Å²) in [6.07, 6.45) is 1.01. The standard InChI is InChI=1S/C16H20FNO3S/c1-2-7-22-10-15(19)18-8-13(14(9-18)16(20)21)11-3-5-12(17)6-4-11/h3-6,13-14H,2,7-10H2,1H3,(H,20,21)/t13-,14+/m1/s1. The van der Waals surface area contributed by atoms with Gasteiger partial charge in [0, 0.05) is 19.0 Å². The van der Waals surface area contributed by atoms with E-state index < -0.39 is 11.9 Å². The Kier molecular flexibility index (Phi) is 5.83. The third-order valence-electron chi connectivity index (χ3n) is 3.86. The van der Waals surface area contributed by atoms with Crippen LogP contribution in [0.2, 0.25) is 0 Å². The number of aliphatic carboxylic acids is 1. The van der Waals surface area contributed by atoms with Gasteiger partial charge in [0.05, 0.1) is 11.7 Å². The summed E-state index contributed by atoms with van der Waals surface area (Å²) in [7, 11) is 0. The fourth-order valence-corrected chi connectivity index (χ4v) is 3.49. The topological polar surface area (TPSA) is 57.6 Å². The van der Waals surface area contributed by atoms with Crippen LogP contribution >= 0.6 is 11.8 Å². The summed E-state index contributed by atoms with van der Waals surface area (Å²) in [5.74, 6) is -0.888. The Morgan fingerprint density at radius 3 is 2.59 bits per heavy atom. The lowest BCUT2D eigenvalue weighted by Gasteiger charge is -2.16. The minimum absolute atomic E-state index is 0.0192. The molecule has 22 heavy (non-hydrogen) atoms. The Hall–Kier alpha value is -1.56. The van der Waals surface area contributed by atoms with E-state index in [0.717, 1.165) is 17.7 Å². The first-order chi connectivity index (χ1) is 10.5. The Bertz CT molecular complexity index is 535. The molecule has 0 radical (unpaired) electrons. The first-order valence-electron chi connectivity index (χ1n) is 7.36. The van der Waals surface area contributed by atoms with Gasteiger partial charge in [0.25, 0.3) is 0 Å². The molecule has 0 unspecified atom stereocenters. The number of hydrogen-bond acceptors (Lipinski definition) is 3. The average Bonchev–Trinajstić information content (AvgIpc) is 2.93. The van der Waals surface area contributed by atoms with E-state index in [1.165, 1.54) is 12.1 Å². The molecular weight excluding hydrogens is 305 g/mol. The van der Waals surface area contributed by atoms with Crippen molar-refractivity contribution in [2.45, 2.75) is 19.3 Å². The third kappa shape index (κ3) is 4.00. The van der Waals surface area contributed by atoms with Gasteiger partial charge in [-0.2, -0.15) is 11.8 Å². The molecule has 0 spiro atoms. The van der Waals surface area contributed by atoms with Gasteiger partial charge in [-0.25, -0.2) is 4.39 Å². The number of thioether (sulfide) groups is 1. The van der Waals surface area contributed by atoms with Crippen molar-refractivity contribution >= 4 is 23.6 Å². The van der Waals surface area contributed by atoms with Crippen molar-refractivity contribution in [2.24, 2.45) is 5.92 Å². The van der Waals surface area contributed by atoms with Gasteiger partial charge >= 0.3 is 5.97 Å². The molecule has 0 saturated carbocycles. The maximum absolute atomic E-state index is 13.0. The molecular formula is C16H20FNO3S. The van der Waals surface area contributed by atoms with Gasteiger partial charge in [-0.3, -0.25) is 9.59 Å². The van der Waals surface area contributed by atoms with Crippen LogP contribution in [0.5, 0.6) is 0 Å². The van der Waals surface area contributed by atoms with Gasteiger partial charge in [-0.15, -0.1) is 0 Å². The van der Waals surface area contributed by atoms with Crippen molar-refractivity contribution in [3.8, 4) is 0 Å². The molecule has 0 aliphatic carbocycles. The normalized spacial score (nSPS) is 21.1. The minimum atomic E-state index is -0.911. The van der Waals surface area contributed by atoms with Gasteiger partial charge < -0.3 is 10.0 Å². The first kappa shape index (κ1) is 16.8. The molecule has 6 heteroatoms. The van der Waals surface area contributed by atoms with Crippen LogP contribution in [-0.2, 0) is 9.59 Å². The minimum Gasteiger partial charge on any atom is -0.481 e. The summed E-state index contributed by atoms with van der Waals surface area (Å²) in [6.45, 7) is 2.66. The highest BCUT2D eigenvalue weighted by Crippen LogP contribution is 2.33. The number of nitrogens with zero attached hydrogens (tertiary/aromatic N) is 1. The smallest absolute Gasteiger partial charge is 0.308 e. The number of benzene rings is 1. The van der Waals surface area contributed by atoms with Gasteiger partial charge in [0.15, 0.2) is 0 Å². The van der Waals surface area contributed by atoms with Crippen molar-refractivity contribution in [1.82, 2.24) is 4.90 Å². The van der Waals surface area contributed by atoms with E-state index in [4.69, 9.17) is 0 Å². The van der Waals surface area contributed by atoms with Gasteiger partial charge in [0.1, 0.15) is 5.82 Å². The fraction of sp³-hybridized carbons (Fsp3) is 0.500. The summed E-state index contributed by atoms with van der Waals surface area (Å²) in [5.41, 5.74) is 0.769. The molecule has 1 N–H and O–H groups in total. The first-order valence-corrected chi connectivity index (χ1v) is 8.52. The Morgan fingerprint density at radius 1 is 1.32 bits per heavy atom. The van der Waals surface area contributed by atoms with Crippen LogP contribution in [0.25, 0.3) is 0 Å². The Morgan fingerprint density at radius 2 is 2.00 bits per heavy atom. The van der Waals surface area contributed by atoms with Crippen LogP contribution in [0.4, 0.5) is 4.39 Å². The lowest BCUT2D eigenvalue weighted by molar-refractivity contribution is -0.141. The Balaban J connectivity index is 2.08. The number of likely N-dealkylation sites (tertiary alicyclic amines) is 1. The van der Waals surface area contributed by atoms with Crippen LogP contribution in [0.1, 0.15) is 24.8 Å². The Labute approximate surface area is 133 Å². The number of carbonyl (C=O) groups is 2. The molecule has 1 heterocycles. The molecule has 0 aromatic heterocycles. The largest absolute Gasteiger partial charge is 0.481 e. The molecule has 1 aromatic carbocycles. The molecule has 0 bridgehead atoms. The second-order valence-corrected chi connectivity index (χ2v) is 6.56. The molecule has 2 rings (SSSR count). The molecule has 1 aromatic rings. The zero-order valence-electron chi connectivity index (χ0n) is 12.5. The van der Waals surface area contributed by atoms with Gasteiger partial charge in [0.2, 0.25) is 5.91 Å². The maximum atomic E-state index is 13.0. The van der Waals surface area contributed by atoms with Crippen LogP contribution < -0.4 is 0 Å². The number of carboxylic acid groups (broad SMARTS) is 1. The zero-order valence-corrected chi connectivity index (χ0v) is 13.3. The van der Waals surface area contributed by atoms with Crippen molar-refractivity contribution in [3.63, 3.8) is 0 Å².